The normalized spacial score (nSPS) is 15.8. The Balaban J connectivity index is 1.35. The molecule has 0 unspecified atom stereocenters. The van der Waals surface area contributed by atoms with Crippen LogP contribution in [-0.2, 0) is 0 Å². The van der Waals surface area contributed by atoms with Gasteiger partial charge in [0.15, 0.2) is 5.65 Å². The fourth-order valence-corrected chi connectivity index (χ4v) is 4.41. The van der Waals surface area contributed by atoms with Gasteiger partial charge in [0.05, 0.1) is 31.2 Å². The lowest BCUT2D eigenvalue weighted by Crippen LogP contribution is -2.25. The van der Waals surface area contributed by atoms with Crippen LogP contribution in [-0.4, -0.2) is 48.0 Å². The lowest BCUT2D eigenvalue weighted by atomic mass is 10.1. The smallest absolute Gasteiger partial charge is 0.212 e. The minimum absolute atomic E-state index is 0.151. The molecule has 1 aliphatic rings. The Kier molecular flexibility index (Phi) is 4.90. The number of rotatable bonds is 5. The van der Waals surface area contributed by atoms with Gasteiger partial charge < -0.3 is 9.64 Å². The average Bonchev–Trinajstić information content (AvgIpc) is 3.63. The van der Waals surface area contributed by atoms with Gasteiger partial charge in [-0.2, -0.15) is 10.2 Å². The Morgan fingerprint density at radius 1 is 1.03 bits per heavy atom. The van der Waals surface area contributed by atoms with Gasteiger partial charge in [0, 0.05) is 48.5 Å². The molecule has 6 heterocycles. The number of hydrogen-bond donors (Lipinski definition) is 0. The topological polar surface area (TPSA) is 86.3 Å². The highest BCUT2D eigenvalue weighted by molar-refractivity contribution is 5.65. The van der Waals surface area contributed by atoms with E-state index >= 15 is 0 Å². The second-order valence-corrected chi connectivity index (χ2v) is 8.07. The van der Waals surface area contributed by atoms with Crippen molar-refractivity contribution in [3.63, 3.8) is 0 Å². The van der Waals surface area contributed by atoms with Crippen molar-refractivity contribution in [2.45, 2.75) is 18.9 Å². The molecule has 0 saturated carbocycles. The van der Waals surface area contributed by atoms with E-state index in [0.717, 1.165) is 42.0 Å². The first kappa shape index (κ1) is 20.3. The third-order valence-corrected chi connectivity index (χ3v) is 6.09. The van der Waals surface area contributed by atoms with E-state index in [2.05, 4.69) is 25.1 Å². The molecule has 10 heteroatoms. The summed E-state index contributed by atoms with van der Waals surface area (Å²) in [7, 11) is 1.59. The van der Waals surface area contributed by atoms with Crippen molar-refractivity contribution in [1.29, 1.82) is 0 Å². The Morgan fingerprint density at radius 3 is 2.79 bits per heavy atom. The van der Waals surface area contributed by atoms with Gasteiger partial charge >= 0.3 is 0 Å². The first-order valence-corrected chi connectivity index (χ1v) is 11.0. The molecular weight excluding hydrogens is 435 g/mol. The van der Waals surface area contributed by atoms with Gasteiger partial charge in [-0.25, -0.2) is 23.6 Å². The zero-order valence-corrected chi connectivity index (χ0v) is 18.4. The predicted octanol–water partition coefficient (Wildman–Crippen LogP) is 3.86. The van der Waals surface area contributed by atoms with Crippen molar-refractivity contribution in [3.8, 4) is 22.7 Å². The van der Waals surface area contributed by atoms with E-state index in [9.17, 15) is 4.39 Å². The van der Waals surface area contributed by atoms with Crippen molar-refractivity contribution >= 4 is 11.5 Å². The zero-order chi connectivity index (χ0) is 23.1. The Labute approximate surface area is 194 Å². The number of pyridine rings is 2. The van der Waals surface area contributed by atoms with Crippen LogP contribution in [0.1, 0.15) is 24.6 Å². The second kappa shape index (κ2) is 8.22. The minimum atomic E-state index is -0.289. The summed E-state index contributed by atoms with van der Waals surface area (Å²) < 4.78 is 23.0. The van der Waals surface area contributed by atoms with Crippen LogP contribution in [0.2, 0.25) is 0 Å². The lowest BCUT2D eigenvalue weighted by molar-refractivity contribution is 0.398. The van der Waals surface area contributed by atoms with E-state index in [1.165, 1.54) is 6.07 Å². The molecule has 0 aromatic carbocycles. The number of nitrogens with zero attached hydrogens (tertiary/aromatic N) is 8. The van der Waals surface area contributed by atoms with E-state index in [1.807, 2.05) is 30.6 Å². The van der Waals surface area contributed by atoms with Crippen LogP contribution in [0.25, 0.3) is 22.5 Å². The second-order valence-electron chi connectivity index (χ2n) is 8.07. The molecule has 0 spiro atoms. The third-order valence-electron chi connectivity index (χ3n) is 6.09. The van der Waals surface area contributed by atoms with E-state index < -0.39 is 0 Å². The largest absolute Gasteiger partial charge is 0.481 e. The fourth-order valence-electron chi connectivity index (χ4n) is 4.41. The van der Waals surface area contributed by atoms with E-state index in [0.29, 0.717) is 17.2 Å². The average molecular weight is 456 g/mol. The van der Waals surface area contributed by atoms with Crippen LogP contribution in [0.5, 0.6) is 5.88 Å². The molecule has 6 rings (SSSR count). The summed E-state index contributed by atoms with van der Waals surface area (Å²) in [5, 5.41) is 8.95. The molecule has 5 aromatic heterocycles. The van der Waals surface area contributed by atoms with Crippen molar-refractivity contribution in [2.75, 3.05) is 18.6 Å². The SMILES string of the molecule is COc1ccc(-c2cnn(-c3cnn4ccc(N5CCC[C@H]5c5ncccc5F)nc34)c2)cn1. The van der Waals surface area contributed by atoms with Gasteiger partial charge in [0.2, 0.25) is 5.88 Å². The molecule has 5 aromatic rings. The predicted molar refractivity (Wildman–Crippen MR) is 123 cm³/mol. The number of aromatic nitrogens is 7. The summed E-state index contributed by atoms with van der Waals surface area (Å²) >= 11 is 0. The first-order valence-electron chi connectivity index (χ1n) is 11.0. The van der Waals surface area contributed by atoms with Crippen LogP contribution >= 0.6 is 0 Å². The van der Waals surface area contributed by atoms with Crippen LogP contribution in [0.15, 0.2) is 67.5 Å². The van der Waals surface area contributed by atoms with Crippen molar-refractivity contribution in [2.24, 2.45) is 0 Å². The van der Waals surface area contributed by atoms with Gasteiger partial charge in [-0.05, 0) is 37.1 Å². The minimum Gasteiger partial charge on any atom is -0.481 e. The maximum Gasteiger partial charge on any atom is 0.212 e. The highest BCUT2D eigenvalue weighted by Gasteiger charge is 2.30. The number of hydrogen-bond acceptors (Lipinski definition) is 7. The van der Waals surface area contributed by atoms with E-state index in [-0.39, 0.29) is 11.9 Å². The van der Waals surface area contributed by atoms with Crippen LogP contribution in [0.4, 0.5) is 10.2 Å². The van der Waals surface area contributed by atoms with Gasteiger partial charge in [0.1, 0.15) is 17.3 Å². The highest BCUT2D eigenvalue weighted by Crippen LogP contribution is 2.35. The van der Waals surface area contributed by atoms with Gasteiger partial charge in [0.25, 0.3) is 0 Å². The number of methoxy groups -OCH3 is 1. The molecule has 9 nitrogen and oxygen atoms in total. The summed E-state index contributed by atoms with van der Waals surface area (Å²) in [6.07, 6.45) is 12.4. The standard InChI is InChI=1S/C24H21FN8O/c1-34-22-7-6-16(12-27-22)17-13-28-33(15-17)20-14-29-32-11-8-21(30-24(20)32)31-10-3-5-19(31)23-18(25)4-2-9-26-23/h2,4,6-9,11-15,19H,3,5,10H2,1H3/t19-/m0/s1. The van der Waals surface area contributed by atoms with Crippen molar-refractivity contribution in [3.05, 3.63) is 79.0 Å². The molecule has 0 bridgehead atoms. The van der Waals surface area contributed by atoms with Gasteiger partial charge in [-0.15, -0.1) is 0 Å². The zero-order valence-electron chi connectivity index (χ0n) is 18.4. The summed E-state index contributed by atoms with van der Waals surface area (Å²) in [4.78, 5) is 15.6. The molecule has 1 atom stereocenters. The van der Waals surface area contributed by atoms with Gasteiger partial charge in [-0.3, -0.25) is 4.98 Å². The Hall–Kier alpha value is -4.34. The first-order chi connectivity index (χ1) is 16.7. The maximum atomic E-state index is 14.5. The molecule has 0 aliphatic carbocycles. The molecule has 170 valence electrons. The fraction of sp³-hybridized carbons (Fsp3) is 0.208. The number of anilines is 1. The van der Waals surface area contributed by atoms with Crippen LogP contribution in [0.3, 0.4) is 0 Å². The van der Waals surface area contributed by atoms with Crippen LogP contribution < -0.4 is 9.64 Å². The quantitative estimate of drug-likeness (QED) is 0.397. The van der Waals surface area contributed by atoms with Crippen LogP contribution in [0, 0.1) is 5.82 Å². The van der Waals surface area contributed by atoms with Crippen molar-refractivity contribution in [1.82, 2.24) is 34.3 Å². The van der Waals surface area contributed by atoms with Gasteiger partial charge in [-0.1, -0.05) is 0 Å². The monoisotopic (exact) mass is 456 g/mol. The molecule has 1 saturated heterocycles. The summed E-state index contributed by atoms with van der Waals surface area (Å²) in [5.74, 6) is 1.03. The molecule has 34 heavy (non-hydrogen) atoms. The third kappa shape index (κ3) is 3.43. The summed E-state index contributed by atoms with van der Waals surface area (Å²) in [6.45, 7) is 0.781. The number of fused-ring (bicyclic) bond motifs is 1. The Bertz CT molecular complexity index is 1460. The summed E-state index contributed by atoms with van der Waals surface area (Å²) in [5.41, 5.74) is 3.70. The molecule has 1 aliphatic heterocycles. The molecule has 1 fully saturated rings. The number of ether oxygens (including phenoxy) is 1. The number of halogens is 1. The molecule has 0 amide bonds. The highest BCUT2D eigenvalue weighted by atomic mass is 19.1. The maximum absolute atomic E-state index is 14.5. The van der Waals surface area contributed by atoms with E-state index in [4.69, 9.17) is 9.72 Å². The Morgan fingerprint density at radius 2 is 1.97 bits per heavy atom. The van der Waals surface area contributed by atoms with Crippen molar-refractivity contribution < 1.29 is 9.13 Å². The lowest BCUT2D eigenvalue weighted by Gasteiger charge is -2.25. The molecule has 0 radical (unpaired) electrons. The van der Waals surface area contributed by atoms with E-state index in [1.54, 1.807) is 47.2 Å². The molecule has 0 N–H and O–H groups in total. The molecular formula is C24H21FN8O. The summed E-state index contributed by atoms with van der Waals surface area (Å²) in [6, 6.07) is 8.57.